The van der Waals surface area contributed by atoms with Crippen LogP contribution in [0.25, 0.3) is 15.3 Å². The normalized spacial score (nSPS) is 11.5. The van der Waals surface area contributed by atoms with Crippen LogP contribution in [0.3, 0.4) is 0 Å². The van der Waals surface area contributed by atoms with Crippen molar-refractivity contribution >= 4 is 43.9 Å². The van der Waals surface area contributed by atoms with E-state index in [1.807, 2.05) is 22.0 Å². The second-order valence-corrected chi connectivity index (χ2v) is 6.77. The van der Waals surface area contributed by atoms with Crippen LogP contribution in [-0.2, 0) is 0 Å². The zero-order chi connectivity index (χ0) is 14.7. The van der Waals surface area contributed by atoms with Crippen molar-refractivity contribution in [2.75, 3.05) is 13.2 Å². The first kappa shape index (κ1) is 14.5. The lowest BCUT2D eigenvalue weighted by atomic mass is 10.2. The van der Waals surface area contributed by atoms with Crippen molar-refractivity contribution in [3.8, 4) is 0 Å². The molecule has 21 heavy (non-hydrogen) atoms. The lowest BCUT2D eigenvalue weighted by Crippen LogP contribution is -2.23. The smallest absolute Gasteiger partial charge is 0.261 e. The SMILES string of the molecule is O=C(NCCCCCCO)c1cc2c(nc3sccn32)s1. The Hall–Kier alpha value is -1.44. The number of aliphatic hydroxyl groups is 1. The molecule has 3 aromatic heterocycles. The van der Waals surface area contributed by atoms with Crippen molar-refractivity contribution in [3.05, 3.63) is 22.5 Å². The van der Waals surface area contributed by atoms with Crippen molar-refractivity contribution in [1.29, 1.82) is 0 Å². The summed E-state index contributed by atoms with van der Waals surface area (Å²) < 4.78 is 2.02. The van der Waals surface area contributed by atoms with Crippen molar-refractivity contribution in [1.82, 2.24) is 14.7 Å². The van der Waals surface area contributed by atoms with Gasteiger partial charge in [0.1, 0.15) is 4.83 Å². The number of imidazole rings is 1. The summed E-state index contributed by atoms with van der Waals surface area (Å²) in [5.74, 6) is -0.0239. The van der Waals surface area contributed by atoms with Gasteiger partial charge in [-0.2, -0.15) is 0 Å². The van der Waals surface area contributed by atoms with Crippen molar-refractivity contribution in [2.24, 2.45) is 0 Å². The highest BCUT2D eigenvalue weighted by molar-refractivity contribution is 7.21. The van der Waals surface area contributed by atoms with Gasteiger partial charge in [-0.25, -0.2) is 4.98 Å². The van der Waals surface area contributed by atoms with Crippen LogP contribution in [0.2, 0.25) is 0 Å². The summed E-state index contributed by atoms with van der Waals surface area (Å²) in [6, 6.07) is 1.91. The molecule has 5 nitrogen and oxygen atoms in total. The Kier molecular flexibility index (Phi) is 4.52. The maximum Gasteiger partial charge on any atom is 0.261 e. The number of nitrogens with zero attached hydrogens (tertiary/aromatic N) is 2. The number of aliphatic hydroxyl groups excluding tert-OH is 1. The first-order chi connectivity index (χ1) is 10.3. The average molecular weight is 323 g/mol. The Bertz CT molecular complexity index is 744. The summed E-state index contributed by atoms with van der Waals surface area (Å²) in [5.41, 5.74) is 1.00. The highest BCUT2D eigenvalue weighted by Crippen LogP contribution is 2.28. The molecule has 0 atom stereocenters. The number of unbranched alkanes of at least 4 members (excludes halogenated alkanes) is 3. The van der Waals surface area contributed by atoms with Crippen LogP contribution < -0.4 is 5.32 Å². The molecular weight excluding hydrogens is 306 g/mol. The van der Waals surface area contributed by atoms with Gasteiger partial charge in [0.2, 0.25) is 0 Å². The fourth-order valence-electron chi connectivity index (χ4n) is 2.24. The number of thiophene rings is 1. The molecule has 7 heteroatoms. The minimum Gasteiger partial charge on any atom is -0.396 e. The molecule has 2 N–H and O–H groups in total. The van der Waals surface area contributed by atoms with Crippen LogP contribution >= 0.6 is 22.7 Å². The number of thiazole rings is 1. The Morgan fingerprint density at radius 1 is 1.33 bits per heavy atom. The van der Waals surface area contributed by atoms with Crippen LogP contribution in [-0.4, -0.2) is 33.6 Å². The zero-order valence-electron chi connectivity index (χ0n) is 11.5. The second kappa shape index (κ2) is 6.55. The highest BCUT2D eigenvalue weighted by atomic mass is 32.1. The monoisotopic (exact) mass is 323 g/mol. The molecule has 0 bridgehead atoms. The molecule has 1 amide bonds. The lowest BCUT2D eigenvalue weighted by molar-refractivity contribution is 0.0957. The van der Waals surface area contributed by atoms with Crippen LogP contribution in [0.1, 0.15) is 35.4 Å². The molecule has 3 rings (SSSR count). The zero-order valence-corrected chi connectivity index (χ0v) is 13.2. The summed E-state index contributed by atoms with van der Waals surface area (Å²) in [4.78, 5) is 19.2. The molecule has 0 radical (unpaired) electrons. The Morgan fingerprint density at radius 3 is 3.05 bits per heavy atom. The topological polar surface area (TPSA) is 66.6 Å². The van der Waals surface area contributed by atoms with E-state index in [1.165, 1.54) is 11.3 Å². The van der Waals surface area contributed by atoms with Gasteiger partial charge in [-0.1, -0.05) is 12.8 Å². The quantitative estimate of drug-likeness (QED) is 0.657. The molecule has 0 fully saturated rings. The third-order valence-corrected chi connectivity index (χ3v) is 5.11. The molecule has 3 aromatic rings. The predicted octanol–water partition coefficient (Wildman–Crippen LogP) is 2.89. The summed E-state index contributed by atoms with van der Waals surface area (Å²) in [5, 5.41) is 13.6. The fourth-order valence-corrected chi connectivity index (χ4v) is 3.96. The molecule has 0 spiro atoms. The Balaban J connectivity index is 1.58. The number of nitrogens with one attached hydrogen (secondary N) is 1. The average Bonchev–Trinajstić information content (AvgIpc) is 3.13. The molecule has 0 aliphatic heterocycles. The van der Waals surface area contributed by atoms with Gasteiger partial charge in [0.05, 0.1) is 10.4 Å². The predicted molar refractivity (Wildman–Crippen MR) is 86.3 cm³/mol. The van der Waals surface area contributed by atoms with Gasteiger partial charge in [0, 0.05) is 24.7 Å². The Labute approximate surface area is 130 Å². The van der Waals surface area contributed by atoms with Gasteiger partial charge < -0.3 is 10.4 Å². The largest absolute Gasteiger partial charge is 0.396 e. The molecule has 0 saturated heterocycles. The van der Waals surface area contributed by atoms with E-state index >= 15 is 0 Å². The maximum absolute atomic E-state index is 12.1. The van der Waals surface area contributed by atoms with E-state index in [-0.39, 0.29) is 12.5 Å². The number of carbonyl (C=O) groups excluding carboxylic acids is 1. The van der Waals surface area contributed by atoms with E-state index in [0.29, 0.717) is 11.4 Å². The molecule has 0 saturated carbocycles. The van der Waals surface area contributed by atoms with Gasteiger partial charge in [-0.3, -0.25) is 9.20 Å². The van der Waals surface area contributed by atoms with Gasteiger partial charge in [-0.15, -0.1) is 22.7 Å². The van der Waals surface area contributed by atoms with Gasteiger partial charge in [-0.05, 0) is 18.9 Å². The lowest BCUT2D eigenvalue weighted by Gasteiger charge is -2.02. The number of fused-ring (bicyclic) bond motifs is 3. The number of hydrogen-bond acceptors (Lipinski definition) is 5. The fraction of sp³-hybridized carbons (Fsp3) is 0.429. The molecule has 0 unspecified atom stereocenters. The number of hydrogen-bond donors (Lipinski definition) is 2. The number of aromatic nitrogens is 2. The number of carbonyl (C=O) groups is 1. The first-order valence-corrected chi connectivity index (χ1v) is 8.73. The first-order valence-electron chi connectivity index (χ1n) is 7.04. The van der Waals surface area contributed by atoms with Gasteiger partial charge >= 0.3 is 0 Å². The maximum atomic E-state index is 12.1. The second-order valence-electron chi connectivity index (χ2n) is 4.86. The van der Waals surface area contributed by atoms with Crippen LogP contribution in [0.15, 0.2) is 17.6 Å². The van der Waals surface area contributed by atoms with E-state index in [2.05, 4.69) is 10.3 Å². The molecular formula is C14H17N3O2S2. The summed E-state index contributed by atoms with van der Waals surface area (Å²) in [6.45, 7) is 0.930. The van der Waals surface area contributed by atoms with Crippen LogP contribution in [0.5, 0.6) is 0 Å². The third-order valence-electron chi connectivity index (χ3n) is 3.33. The molecule has 112 valence electrons. The third kappa shape index (κ3) is 3.09. The van der Waals surface area contributed by atoms with Gasteiger partial charge in [0.25, 0.3) is 5.91 Å². The summed E-state index contributed by atoms with van der Waals surface area (Å²) in [7, 11) is 0. The van der Waals surface area contributed by atoms with E-state index in [9.17, 15) is 4.79 Å². The van der Waals surface area contributed by atoms with Crippen molar-refractivity contribution in [2.45, 2.75) is 25.7 Å². The van der Waals surface area contributed by atoms with Gasteiger partial charge in [0.15, 0.2) is 4.96 Å². The molecule has 0 aliphatic rings. The van der Waals surface area contributed by atoms with Crippen LogP contribution in [0.4, 0.5) is 0 Å². The standard InChI is InChI=1S/C14H17N3O2S2/c18-7-4-2-1-3-5-15-12(19)11-9-10-13(21-11)16-14-17(10)6-8-20-14/h6,8-9,18H,1-5,7H2,(H,15,19). The Morgan fingerprint density at radius 2 is 2.19 bits per heavy atom. The minimum absolute atomic E-state index is 0.0239. The number of amides is 1. The summed E-state index contributed by atoms with van der Waals surface area (Å²) >= 11 is 3.03. The van der Waals surface area contributed by atoms with Crippen molar-refractivity contribution in [3.63, 3.8) is 0 Å². The molecule has 0 aromatic carbocycles. The number of rotatable bonds is 7. The van der Waals surface area contributed by atoms with E-state index in [0.717, 1.165) is 41.0 Å². The van der Waals surface area contributed by atoms with E-state index < -0.39 is 0 Å². The highest BCUT2D eigenvalue weighted by Gasteiger charge is 2.14. The summed E-state index contributed by atoms with van der Waals surface area (Å²) in [6.07, 6.45) is 5.81. The van der Waals surface area contributed by atoms with E-state index in [4.69, 9.17) is 5.11 Å². The molecule has 0 aliphatic carbocycles. The van der Waals surface area contributed by atoms with E-state index in [1.54, 1.807) is 11.3 Å². The van der Waals surface area contributed by atoms with Crippen molar-refractivity contribution < 1.29 is 9.90 Å². The molecule has 3 heterocycles. The van der Waals surface area contributed by atoms with Crippen LogP contribution in [0, 0.1) is 0 Å². The minimum atomic E-state index is -0.0239.